The first-order chi connectivity index (χ1) is 21.3. The first kappa shape index (κ1) is 32.9. The molecule has 1 aliphatic rings. The van der Waals surface area contributed by atoms with Gasteiger partial charge in [-0.15, -0.1) is 42.0 Å². The summed E-state index contributed by atoms with van der Waals surface area (Å²) >= 11 is 0. The van der Waals surface area contributed by atoms with Crippen LogP contribution in [-0.2, 0) is 26.5 Å². The fourth-order valence-corrected chi connectivity index (χ4v) is 7.84. The summed E-state index contributed by atoms with van der Waals surface area (Å²) in [6.07, 6.45) is 10.5. The standard InChI is InChI=1S/C20H17N2O.C19H24NSi.Ir/c1-13(2)11-14-9-10-21-17(12-14)16-7-8-19-20(22-16)15-5-3-4-6-18(15)23-19;1-21(2,3)19-14-20-18(16-11-5-4-6-12-16)13-17(19)15-9-7-8-10-15;/h3-6,8-10,12-13H,11H2,1-2H3;4-6,11,13-15H,7-10H2,1-3H3;/q2*-1;. The Labute approximate surface area is 282 Å². The Morgan fingerprint density at radius 2 is 1.67 bits per heavy atom. The van der Waals surface area contributed by atoms with Crippen molar-refractivity contribution in [2.45, 2.75) is 71.5 Å². The molecule has 233 valence electrons. The summed E-state index contributed by atoms with van der Waals surface area (Å²) in [5.74, 6) is 1.36. The minimum atomic E-state index is -1.34. The topological polar surface area (TPSA) is 51.8 Å². The number of para-hydroxylation sites is 1. The smallest absolute Gasteiger partial charge is 0.119 e. The second-order valence-electron chi connectivity index (χ2n) is 13.4. The van der Waals surface area contributed by atoms with Gasteiger partial charge < -0.3 is 14.4 Å². The zero-order chi connectivity index (χ0) is 30.7. The first-order valence-electron chi connectivity index (χ1n) is 15.9. The van der Waals surface area contributed by atoms with Crippen molar-refractivity contribution in [3.8, 4) is 22.6 Å². The Morgan fingerprint density at radius 1 is 0.889 bits per heavy atom. The third-order valence-corrected chi connectivity index (χ3v) is 10.4. The molecular weight excluding hydrogens is 747 g/mol. The molecule has 0 N–H and O–H groups in total. The van der Waals surface area contributed by atoms with Crippen LogP contribution in [0.5, 0.6) is 0 Å². The number of aromatic nitrogens is 3. The summed E-state index contributed by atoms with van der Waals surface area (Å²) in [5, 5.41) is 2.57. The van der Waals surface area contributed by atoms with Crippen LogP contribution in [-0.4, -0.2) is 23.0 Å². The van der Waals surface area contributed by atoms with E-state index in [4.69, 9.17) is 14.4 Å². The number of furan rings is 1. The molecule has 4 aromatic heterocycles. The van der Waals surface area contributed by atoms with E-state index in [-0.39, 0.29) is 20.1 Å². The minimum absolute atomic E-state index is 0. The van der Waals surface area contributed by atoms with Crippen LogP contribution in [0.4, 0.5) is 0 Å². The number of hydrogen-bond acceptors (Lipinski definition) is 4. The average Bonchev–Trinajstić information content (AvgIpc) is 3.69. The molecule has 0 amide bonds. The van der Waals surface area contributed by atoms with Gasteiger partial charge in [-0.3, -0.25) is 4.98 Å². The number of fused-ring (bicyclic) bond motifs is 3. The molecule has 7 rings (SSSR count). The van der Waals surface area contributed by atoms with Gasteiger partial charge in [-0.2, -0.15) is 6.07 Å². The molecule has 0 aliphatic heterocycles. The van der Waals surface area contributed by atoms with Crippen molar-refractivity contribution < 1.29 is 24.5 Å². The van der Waals surface area contributed by atoms with Crippen molar-refractivity contribution in [2.24, 2.45) is 5.92 Å². The molecule has 45 heavy (non-hydrogen) atoms. The van der Waals surface area contributed by atoms with Gasteiger partial charge in [-0.1, -0.05) is 87.8 Å². The van der Waals surface area contributed by atoms with E-state index in [0.29, 0.717) is 5.92 Å². The largest absolute Gasteiger partial charge is 0.513 e. The van der Waals surface area contributed by atoms with Crippen LogP contribution in [0.3, 0.4) is 0 Å². The Hall–Kier alpha value is -3.44. The zero-order valence-electron chi connectivity index (χ0n) is 26.9. The predicted octanol–water partition coefficient (Wildman–Crippen LogP) is 9.79. The quantitative estimate of drug-likeness (QED) is 0.125. The van der Waals surface area contributed by atoms with Gasteiger partial charge in [0, 0.05) is 37.9 Å². The van der Waals surface area contributed by atoms with E-state index < -0.39 is 8.07 Å². The molecule has 1 aliphatic carbocycles. The van der Waals surface area contributed by atoms with Crippen LogP contribution >= 0.6 is 0 Å². The molecule has 2 aromatic carbocycles. The summed E-state index contributed by atoms with van der Waals surface area (Å²) in [7, 11) is -1.34. The second-order valence-corrected chi connectivity index (χ2v) is 18.4. The summed E-state index contributed by atoms with van der Waals surface area (Å²) in [6, 6.07) is 31.0. The van der Waals surface area contributed by atoms with Gasteiger partial charge in [0.2, 0.25) is 0 Å². The second kappa shape index (κ2) is 14.3. The van der Waals surface area contributed by atoms with Crippen LogP contribution in [0.25, 0.3) is 44.7 Å². The molecule has 1 saturated carbocycles. The predicted molar refractivity (Wildman–Crippen MR) is 185 cm³/mol. The maximum Gasteiger partial charge on any atom is 0.119 e. The molecule has 0 unspecified atom stereocenters. The molecular formula is C39H41IrN3OSi-2. The van der Waals surface area contributed by atoms with Crippen molar-refractivity contribution >= 4 is 35.3 Å². The molecule has 6 heteroatoms. The minimum Gasteiger partial charge on any atom is -0.513 e. The van der Waals surface area contributed by atoms with Crippen LogP contribution in [0, 0.1) is 18.1 Å². The summed E-state index contributed by atoms with van der Waals surface area (Å²) in [4.78, 5) is 14.0. The summed E-state index contributed by atoms with van der Waals surface area (Å²) in [5.41, 5.74) is 9.13. The van der Waals surface area contributed by atoms with E-state index in [1.54, 1.807) is 10.8 Å². The maximum atomic E-state index is 5.81. The molecule has 0 saturated heterocycles. The number of pyridine rings is 3. The van der Waals surface area contributed by atoms with E-state index in [1.165, 1.54) is 31.2 Å². The molecule has 1 fully saturated rings. The number of benzene rings is 2. The summed E-state index contributed by atoms with van der Waals surface area (Å²) in [6.45, 7) is 11.7. The summed E-state index contributed by atoms with van der Waals surface area (Å²) < 4.78 is 5.81. The van der Waals surface area contributed by atoms with Crippen LogP contribution in [0.15, 0.2) is 89.6 Å². The molecule has 6 aromatic rings. The van der Waals surface area contributed by atoms with Crippen molar-refractivity contribution in [3.63, 3.8) is 0 Å². The Bertz CT molecular complexity index is 1870. The Balaban J connectivity index is 0.000000175. The Kier molecular flexibility index (Phi) is 10.5. The number of hydrogen-bond donors (Lipinski definition) is 0. The van der Waals surface area contributed by atoms with Gasteiger partial charge in [0.1, 0.15) is 5.58 Å². The SMILES string of the molecule is CC(C)Cc1ccnc(-c2[c-]cc3oc4ccccc4c3n2)c1.C[Si](C)(C)c1cnc(-c2[c-]cccc2)cc1C1CCCC1.[Ir]. The molecule has 1 radical (unpaired) electrons. The Morgan fingerprint density at radius 3 is 2.40 bits per heavy atom. The van der Waals surface area contributed by atoms with E-state index in [1.807, 2.05) is 48.7 Å². The van der Waals surface area contributed by atoms with Crippen molar-refractivity contribution in [1.82, 2.24) is 15.0 Å². The molecule has 0 atom stereocenters. The molecule has 4 nitrogen and oxygen atoms in total. The van der Waals surface area contributed by atoms with Crippen molar-refractivity contribution in [2.75, 3.05) is 0 Å². The normalized spacial score (nSPS) is 13.6. The molecule has 4 heterocycles. The van der Waals surface area contributed by atoms with Gasteiger partial charge in [-0.25, -0.2) is 0 Å². The average molecular weight is 788 g/mol. The third kappa shape index (κ3) is 7.69. The van der Waals surface area contributed by atoms with E-state index in [9.17, 15) is 0 Å². The van der Waals surface area contributed by atoms with E-state index in [2.05, 4.69) is 87.1 Å². The molecule has 0 spiro atoms. The maximum absolute atomic E-state index is 5.81. The van der Waals surface area contributed by atoms with Gasteiger partial charge in [0.05, 0.1) is 19.2 Å². The number of nitrogens with zero attached hydrogens (tertiary/aromatic N) is 3. The van der Waals surface area contributed by atoms with Crippen LogP contribution < -0.4 is 5.19 Å². The zero-order valence-corrected chi connectivity index (χ0v) is 30.3. The van der Waals surface area contributed by atoms with Crippen molar-refractivity contribution in [1.29, 1.82) is 0 Å². The van der Waals surface area contributed by atoms with Gasteiger partial charge in [-0.05, 0) is 65.5 Å². The van der Waals surface area contributed by atoms with E-state index >= 15 is 0 Å². The fraction of sp³-hybridized carbons (Fsp3) is 0.308. The van der Waals surface area contributed by atoms with Gasteiger partial charge >= 0.3 is 0 Å². The monoisotopic (exact) mass is 788 g/mol. The van der Waals surface area contributed by atoms with Crippen LogP contribution in [0.1, 0.15) is 56.6 Å². The third-order valence-electron chi connectivity index (χ3n) is 8.39. The van der Waals surface area contributed by atoms with Crippen LogP contribution in [0.2, 0.25) is 19.6 Å². The van der Waals surface area contributed by atoms with Gasteiger partial charge in [0.25, 0.3) is 0 Å². The van der Waals surface area contributed by atoms with Gasteiger partial charge in [0.15, 0.2) is 0 Å². The number of rotatable bonds is 6. The van der Waals surface area contributed by atoms with Crippen molar-refractivity contribution in [3.05, 3.63) is 108 Å². The van der Waals surface area contributed by atoms with E-state index in [0.717, 1.165) is 57.1 Å². The fourth-order valence-electron chi connectivity index (χ4n) is 6.25. The molecule has 0 bridgehead atoms. The first-order valence-corrected chi connectivity index (χ1v) is 19.4.